The number of aromatic amines is 1. The van der Waals surface area contributed by atoms with Crippen LogP contribution in [0.15, 0.2) is 47.4 Å². The van der Waals surface area contributed by atoms with Crippen molar-refractivity contribution in [2.45, 2.75) is 0 Å². The van der Waals surface area contributed by atoms with Gasteiger partial charge in [-0.25, -0.2) is 0 Å². The molecule has 0 aliphatic heterocycles. The quantitative estimate of drug-likeness (QED) is 0.826. The van der Waals surface area contributed by atoms with Crippen molar-refractivity contribution in [3.8, 4) is 5.75 Å². The lowest BCUT2D eigenvalue weighted by Gasteiger charge is -2.06. The molecule has 82 valence electrons. The highest BCUT2D eigenvalue weighted by Crippen LogP contribution is 2.18. The molecule has 0 amide bonds. The van der Waals surface area contributed by atoms with Gasteiger partial charge in [0.1, 0.15) is 5.75 Å². The van der Waals surface area contributed by atoms with Gasteiger partial charge in [-0.2, -0.15) is 0 Å². The smallest absolute Gasteiger partial charge is 0.249 e. The second-order valence-corrected chi connectivity index (χ2v) is 3.30. The molecule has 2 rings (SSSR count). The van der Waals surface area contributed by atoms with E-state index in [0.717, 1.165) is 17.1 Å². The van der Waals surface area contributed by atoms with E-state index in [9.17, 15) is 4.79 Å². The lowest BCUT2D eigenvalue weighted by Crippen LogP contribution is -2.03. The zero-order chi connectivity index (χ0) is 11.4. The summed E-state index contributed by atoms with van der Waals surface area (Å²) in [5.74, 6) is 0.802. The number of pyridine rings is 1. The third kappa shape index (κ3) is 2.42. The maximum atomic E-state index is 11.1. The molecule has 1 heterocycles. The maximum absolute atomic E-state index is 11.1. The molecule has 1 aromatic heterocycles. The third-order valence-electron chi connectivity index (χ3n) is 2.15. The van der Waals surface area contributed by atoms with Gasteiger partial charge in [0.05, 0.1) is 7.11 Å². The molecule has 0 spiro atoms. The van der Waals surface area contributed by atoms with Gasteiger partial charge >= 0.3 is 0 Å². The van der Waals surface area contributed by atoms with Gasteiger partial charge in [0, 0.05) is 23.6 Å². The summed E-state index contributed by atoms with van der Waals surface area (Å²) in [6, 6.07) is 10.8. The lowest BCUT2D eigenvalue weighted by molar-refractivity contribution is 0.415. The van der Waals surface area contributed by atoms with Crippen molar-refractivity contribution < 1.29 is 4.74 Å². The zero-order valence-corrected chi connectivity index (χ0v) is 8.86. The minimum Gasteiger partial charge on any atom is -0.497 e. The molecule has 0 atom stereocenters. The molecular weight excluding hydrogens is 204 g/mol. The van der Waals surface area contributed by atoms with Gasteiger partial charge in [-0.3, -0.25) is 4.79 Å². The number of rotatable bonds is 3. The molecule has 4 heteroatoms. The Bertz CT molecular complexity index is 517. The van der Waals surface area contributed by atoms with Crippen LogP contribution in [0.3, 0.4) is 0 Å². The summed E-state index contributed by atoms with van der Waals surface area (Å²) >= 11 is 0. The molecule has 16 heavy (non-hydrogen) atoms. The number of hydrogen-bond acceptors (Lipinski definition) is 3. The fourth-order valence-electron chi connectivity index (χ4n) is 1.36. The molecule has 0 radical (unpaired) electrons. The Morgan fingerprint density at radius 2 is 1.88 bits per heavy atom. The Hall–Kier alpha value is -2.23. The molecular formula is C12H12N2O2. The summed E-state index contributed by atoms with van der Waals surface area (Å²) in [5.41, 5.74) is 1.54. The van der Waals surface area contributed by atoms with Crippen LogP contribution in [0.4, 0.5) is 11.4 Å². The molecule has 0 saturated carbocycles. The van der Waals surface area contributed by atoms with Crippen molar-refractivity contribution in [3.05, 3.63) is 52.9 Å². The van der Waals surface area contributed by atoms with Crippen LogP contribution in [0, 0.1) is 0 Å². The predicted molar refractivity (Wildman–Crippen MR) is 63.3 cm³/mol. The first-order valence-corrected chi connectivity index (χ1v) is 4.88. The molecule has 0 fully saturated rings. The van der Waals surface area contributed by atoms with Gasteiger partial charge in [-0.1, -0.05) is 0 Å². The molecule has 4 nitrogen and oxygen atoms in total. The van der Waals surface area contributed by atoms with Gasteiger partial charge in [-0.05, 0) is 30.3 Å². The van der Waals surface area contributed by atoms with E-state index in [1.807, 2.05) is 24.3 Å². The minimum absolute atomic E-state index is 0.126. The van der Waals surface area contributed by atoms with Crippen LogP contribution in [-0.2, 0) is 0 Å². The highest BCUT2D eigenvalue weighted by atomic mass is 16.5. The third-order valence-corrected chi connectivity index (χ3v) is 2.15. The molecule has 0 unspecified atom stereocenters. The minimum atomic E-state index is -0.126. The molecule has 0 bridgehead atoms. The molecule has 0 aliphatic rings. The van der Waals surface area contributed by atoms with Gasteiger partial charge in [0.25, 0.3) is 0 Å². The van der Waals surface area contributed by atoms with Crippen molar-refractivity contribution in [1.82, 2.24) is 4.98 Å². The van der Waals surface area contributed by atoms with E-state index in [1.54, 1.807) is 19.4 Å². The molecule has 0 saturated heterocycles. The van der Waals surface area contributed by atoms with Crippen molar-refractivity contribution in [2.75, 3.05) is 12.4 Å². The Morgan fingerprint density at radius 3 is 2.50 bits per heavy atom. The summed E-state index contributed by atoms with van der Waals surface area (Å²) in [4.78, 5) is 13.6. The summed E-state index contributed by atoms with van der Waals surface area (Å²) < 4.78 is 5.06. The van der Waals surface area contributed by atoms with Crippen LogP contribution in [0.1, 0.15) is 0 Å². The van der Waals surface area contributed by atoms with Gasteiger partial charge < -0.3 is 15.0 Å². The number of methoxy groups -OCH3 is 1. The first-order chi connectivity index (χ1) is 7.78. The normalized spacial score (nSPS) is 9.81. The highest BCUT2D eigenvalue weighted by Gasteiger charge is 1.95. The van der Waals surface area contributed by atoms with Crippen molar-refractivity contribution >= 4 is 11.4 Å². The maximum Gasteiger partial charge on any atom is 0.249 e. The monoisotopic (exact) mass is 216 g/mol. The standard InChI is InChI=1S/C12H12N2O2/c1-16-11-4-2-9(3-5-11)14-10-6-7-13-12(15)8-10/h2-8H,1H3,(H2,13,14,15). The first-order valence-electron chi connectivity index (χ1n) is 4.88. The van der Waals surface area contributed by atoms with E-state index in [1.165, 1.54) is 6.07 Å². The van der Waals surface area contributed by atoms with Crippen LogP contribution < -0.4 is 15.6 Å². The Morgan fingerprint density at radius 1 is 1.12 bits per heavy atom. The summed E-state index contributed by atoms with van der Waals surface area (Å²) in [7, 11) is 1.62. The molecule has 2 aromatic rings. The Labute approximate surface area is 92.9 Å². The number of ether oxygens (including phenoxy) is 1. The van der Waals surface area contributed by atoms with Crippen molar-refractivity contribution in [1.29, 1.82) is 0 Å². The lowest BCUT2D eigenvalue weighted by atomic mass is 10.3. The van der Waals surface area contributed by atoms with E-state index in [2.05, 4.69) is 10.3 Å². The predicted octanol–water partition coefficient (Wildman–Crippen LogP) is 2.13. The largest absolute Gasteiger partial charge is 0.497 e. The fourth-order valence-corrected chi connectivity index (χ4v) is 1.36. The molecule has 2 N–H and O–H groups in total. The number of anilines is 2. The summed E-state index contributed by atoms with van der Waals surface area (Å²) in [6.45, 7) is 0. The highest BCUT2D eigenvalue weighted by molar-refractivity contribution is 5.59. The number of benzene rings is 1. The van der Waals surface area contributed by atoms with E-state index >= 15 is 0 Å². The van der Waals surface area contributed by atoms with Crippen LogP contribution in [0.5, 0.6) is 5.75 Å². The zero-order valence-electron chi connectivity index (χ0n) is 8.86. The van der Waals surface area contributed by atoms with Crippen LogP contribution in [0.2, 0.25) is 0 Å². The van der Waals surface area contributed by atoms with Crippen LogP contribution >= 0.6 is 0 Å². The SMILES string of the molecule is COc1ccc(Nc2cc[nH]c(=O)c2)cc1. The Balaban J connectivity index is 2.17. The van der Waals surface area contributed by atoms with Crippen molar-refractivity contribution in [2.24, 2.45) is 0 Å². The van der Waals surface area contributed by atoms with Crippen molar-refractivity contribution in [3.63, 3.8) is 0 Å². The number of hydrogen-bond donors (Lipinski definition) is 2. The van der Waals surface area contributed by atoms with E-state index in [4.69, 9.17) is 4.74 Å². The second-order valence-electron chi connectivity index (χ2n) is 3.30. The van der Waals surface area contributed by atoms with Crippen LogP contribution in [-0.4, -0.2) is 12.1 Å². The number of H-pyrrole nitrogens is 1. The van der Waals surface area contributed by atoms with E-state index in [-0.39, 0.29) is 5.56 Å². The van der Waals surface area contributed by atoms with E-state index < -0.39 is 0 Å². The molecule has 0 aliphatic carbocycles. The topological polar surface area (TPSA) is 54.1 Å². The van der Waals surface area contributed by atoms with E-state index in [0.29, 0.717) is 0 Å². The number of nitrogens with one attached hydrogen (secondary N) is 2. The summed E-state index contributed by atoms with van der Waals surface area (Å²) in [6.07, 6.45) is 1.61. The van der Waals surface area contributed by atoms with Gasteiger partial charge in [0.2, 0.25) is 5.56 Å². The van der Waals surface area contributed by atoms with Crippen LogP contribution in [0.25, 0.3) is 0 Å². The second kappa shape index (κ2) is 4.53. The number of aromatic nitrogens is 1. The average molecular weight is 216 g/mol. The van der Waals surface area contributed by atoms with Gasteiger partial charge in [0.15, 0.2) is 0 Å². The summed E-state index contributed by atoms with van der Waals surface area (Å²) in [5, 5.41) is 3.12. The Kier molecular flexibility index (Phi) is 2.91. The molecule has 1 aromatic carbocycles. The fraction of sp³-hybridized carbons (Fsp3) is 0.0833. The first kappa shape index (κ1) is 10.3. The average Bonchev–Trinajstić information content (AvgIpc) is 2.30. The van der Waals surface area contributed by atoms with Gasteiger partial charge in [-0.15, -0.1) is 0 Å².